The number of ether oxygens (including phenoxy) is 2. The van der Waals surface area contributed by atoms with Gasteiger partial charge < -0.3 is 14.6 Å². The highest BCUT2D eigenvalue weighted by Crippen LogP contribution is 2.45. The lowest BCUT2D eigenvalue weighted by atomic mass is 9.99. The van der Waals surface area contributed by atoms with Crippen LogP contribution < -0.4 is 0 Å². The van der Waals surface area contributed by atoms with Gasteiger partial charge in [-0.1, -0.05) is 0 Å². The molecule has 0 spiro atoms. The average Bonchev–Trinajstić information content (AvgIpc) is 2.76. The summed E-state index contributed by atoms with van der Waals surface area (Å²) in [6.07, 6.45) is -2.46. The average molecular weight is 190 g/mol. The molecule has 2 aliphatic rings. The van der Waals surface area contributed by atoms with Gasteiger partial charge in [-0.25, -0.2) is 9.18 Å². The van der Waals surface area contributed by atoms with Gasteiger partial charge in [0.25, 0.3) is 0 Å². The zero-order valence-electron chi connectivity index (χ0n) is 7.14. The number of hydrogen-bond donors (Lipinski definition) is 1. The minimum Gasteiger partial charge on any atom is -0.467 e. The third-order valence-electron chi connectivity index (χ3n) is 2.68. The Morgan fingerprint density at radius 2 is 2.46 bits per heavy atom. The summed E-state index contributed by atoms with van der Waals surface area (Å²) in [7, 11) is 1.13. The van der Waals surface area contributed by atoms with E-state index in [2.05, 4.69) is 4.74 Å². The molecule has 1 saturated carbocycles. The van der Waals surface area contributed by atoms with Crippen molar-refractivity contribution in [1.29, 1.82) is 0 Å². The van der Waals surface area contributed by atoms with Gasteiger partial charge in [-0.15, -0.1) is 0 Å². The minimum atomic E-state index is -1.77. The van der Waals surface area contributed by atoms with Crippen molar-refractivity contribution in [2.24, 2.45) is 5.92 Å². The highest BCUT2D eigenvalue weighted by Gasteiger charge is 2.59. The molecule has 1 N–H and O–H groups in total. The molecule has 0 aromatic rings. The van der Waals surface area contributed by atoms with Gasteiger partial charge in [0.1, 0.15) is 0 Å². The third-order valence-corrected chi connectivity index (χ3v) is 2.68. The molecule has 0 radical (unpaired) electrons. The summed E-state index contributed by atoms with van der Waals surface area (Å²) in [6.45, 7) is 0. The molecule has 0 amide bonds. The van der Waals surface area contributed by atoms with E-state index < -0.39 is 24.2 Å². The fourth-order valence-corrected chi connectivity index (χ4v) is 1.93. The lowest BCUT2D eigenvalue weighted by molar-refractivity contribution is -0.151. The van der Waals surface area contributed by atoms with Crippen molar-refractivity contribution in [1.82, 2.24) is 0 Å². The van der Waals surface area contributed by atoms with Gasteiger partial charge in [-0.05, 0) is 0 Å². The Morgan fingerprint density at radius 3 is 2.92 bits per heavy atom. The van der Waals surface area contributed by atoms with Gasteiger partial charge in [0.2, 0.25) is 6.17 Å². The molecule has 74 valence electrons. The number of hydrogen-bond acceptors (Lipinski definition) is 4. The molecule has 0 unspecified atom stereocenters. The van der Waals surface area contributed by atoms with E-state index in [1.54, 1.807) is 0 Å². The van der Waals surface area contributed by atoms with Gasteiger partial charge in [0.05, 0.1) is 31.3 Å². The summed E-state index contributed by atoms with van der Waals surface area (Å²) in [4.78, 5) is 10.8. The molecule has 4 nitrogen and oxygen atoms in total. The maximum atomic E-state index is 13.3. The van der Waals surface area contributed by atoms with Crippen LogP contribution >= 0.6 is 0 Å². The zero-order chi connectivity index (χ0) is 9.59. The summed E-state index contributed by atoms with van der Waals surface area (Å²) in [5.41, 5.74) is 0. The quantitative estimate of drug-likeness (QED) is 0.477. The fourth-order valence-electron chi connectivity index (χ4n) is 1.93. The first-order chi connectivity index (χ1) is 6.15. The van der Waals surface area contributed by atoms with Crippen LogP contribution in [0.15, 0.2) is 0 Å². The van der Waals surface area contributed by atoms with Crippen molar-refractivity contribution in [2.45, 2.75) is 30.9 Å². The van der Waals surface area contributed by atoms with Gasteiger partial charge >= 0.3 is 5.97 Å². The second-order valence-electron chi connectivity index (χ2n) is 3.44. The van der Waals surface area contributed by atoms with Crippen LogP contribution in [0, 0.1) is 5.92 Å². The van der Waals surface area contributed by atoms with Crippen molar-refractivity contribution in [3.8, 4) is 0 Å². The van der Waals surface area contributed by atoms with Crippen LogP contribution in [-0.2, 0) is 14.3 Å². The number of rotatable bonds is 2. The second-order valence-corrected chi connectivity index (χ2v) is 3.44. The third kappa shape index (κ3) is 1.32. The number of fused-ring (bicyclic) bond motifs is 1. The number of epoxide rings is 1. The Kier molecular flexibility index (Phi) is 2.00. The second kappa shape index (κ2) is 2.92. The van der Waals surface area contributed by atoms with E-state index in [4.69, 9.17) is 4.74 Å². The first kappa shape index (κ1) is 8.90. The number of methoxy groups -OCH3 is 1. The number of carbonyl (C=O) groups is 1. The molecule has 1 saturated heterocycles. The highest BCUT2D eigenvalue weighted by molar-refractivity contribution is 5.75. The Balaban J connectivity index is 2.02. The predicted octanol–water partition coefficient (Wildman–Crippen LogP) is -0.354. The Morgan fingerprint density at radius 1 is 1.77 bits per heavy atom. The zero-order valence-corrected chi connectivity index (χ0v) is 7.14. The number of carbonyl (C=O) groups excluding carboxylic acids is 1. The van der Waals surface area contributed by atoms with Gasteiger partial charge in [0.15, 0.2) is 0 Å². The molecule has 5 heteroatoms. The van der Waals surface area contributed by atoms with Crippen molar-refractivity contribution in [2.75, 3.05) is 7.11 Å². The van der Waals surface area contributed by atoms with E-state index in [9.17, 15) is 14.3 Å². The fraction of sp³-hybridized carbons (Fsp3) is 0.875. The monoisotopic (exact) mass is 190 g/mol. The van der Waals surface area contributed by atoms with Gasteiger partial charge in [0, 0.05) is 6.42 Å². The molecule has 2 rings (SSSR count). The van der Waals surface area contributed by atoms with Crippen molar-refractivity contribution in [3.63, 3.8) is 0 Å². The normalized spacial score (nSPS) is 43.9. The molecule has 0 aromatic heterocycles. The summed E-state index contributed by atoms with van der Waals surface area (Å²) in [6, 6.07) is 0. The molecule has 0 aromatic carbocycles. The van der Waals surface area contributed by atoms with Crippen LogP contribution in [0.3, 0.4) is 0 Å². The van der Waals surface area contributed by atoms with Crippen LogP contribution in [0.25, 0.3) is 0 Å². The summed E-state index contributed by atoms with van der Waals surface area (Å²) < 4.78 is 22.6. The number of alkyl halides is 1. The minimum absolute atomic E-state index is 0.0529. The van der Waals surface area contributed by atoms with Crippen molar-refractivity contribution >= 4 is 5.97 Å². The first-order valence-corrected chi connectivity index (χ1v) is 4.20. The van der Waals surface area contributed by atoms with Gasteiger partial charge in [-0.3, -0.25) is 0 Å². The largest absolute Gasteiger partial charge is 0.467 e. The Bertz CT molecular complexity index is 230. The number of aliphatic hydroxyl groups excluding tert-OH is 1. The molecule has 1 aliphatic heterocycles. The maximum Gasteiger partial charge on any atom is 0.340 e. The van der Waals surface area contributed by atoms with Gasteiger partial charge in [-0.2, -0.15) is 0 Å². The van der Waals surface area contributed by atoms with E-state index in [-0.39, 0.29) is 12.2 Å². The van der Waals surface area contributed by atoms with E-state index >= 15 is 0 Å². The molecule has 1 heterocycles. The van der Waals surface area contributed by atoms with Crippen molar-refractivity contribution in [3.05, 3.63) is 0 Å². The molecule has 1 aliphatic carbocycles. The van der Waals surface area contributed by atoms with Crippen LogP contribution in [0.2, 0.25) is 0 Å². The Labute approximate surface area is 74.6 Å². The Hall–Kier alpha value is -0.680. The first-order valence-electron chi connectivity index (χ1n) is 4.20. The summed E-state index contributed by atoms with van der Waals surface area (Å²) >= 11 is 0. The predicted molar refractivity (Wildman–Crippen MR) is 39.7 cm³/mol. The molecule has 13 heavy (non-hydrogen) atoms. The lowest BCUT2D eigenvalue weighted by Crippen LogP contribution is -2.35. The molecule has 2 fully saturated rings. The standard InChI is InChI=1S/C8H11FO4/c1-12-8(11)6(9)5-3(10)2-4-7(5)13-4/h3-7,10H,2H2,1H3/t3-,4+,5-,6+,7+/m1/s1. The molecular formula is C8H11FO4. The van der Waals surface area contributed by atoms with E-state index in [1.807, 2.05) is 0 Å². The summed E-state index contributed by atoms with van der Waals surface area (Å²) in [5.74, 6) is -1.67. The smallest absolute Gasteiger partial charge is 0.340 e. The van der Waals surface area contributed by atoms with E-state index in [1.165, 1.54) is 0 Å². The summed E-state index contributed by atoms with van der Waals surface area (Å²) in [5, 5.41) is 9.38. The van der Waals surface area contributed by atoms with E-state index in [0.29, 0.717) is 6.42 Å². The van der Waals surface area contributed by atoms with Crippen LogP contribution in [0.1, 0.15) is 6.42 Å². The number of halogens is 1. The van der Waals surface area contributed by atoms with E-state index in [0.717, 1.165) is 7.11 Å². The topological polar surface area (TPSA) is 59.1 Å². The number of esters is 1. The molecular weight excluding hydrogens is 179 g/mol. The maximum absolute atomic E-state index is 13.3. The van der Waals surface area contributed by atoms with Crippen LogP contribution in [0.4, 0.5) is 4.39 Å². The highest BCUT2D eigenvalue weighted by atomic mass is 19.1. The van der Waals surface area contributed by atoms with Crippen molar-refractivity contribution < 1.29 is 23.8 Å². The lowest BCUT2D eigenvalue weighted by Gasteiger charge is -2.18. The molecule has 5 atom stereocenters. The molecule has 0 bridgehead atoms. The van der Waals surface area contributed by atoms with Crippen LogP contribution in [0.5, 0.6) is 0 Å². The SMILES string of the molecule is COC(=O)[C@@H](F)[C@@H]1[C@H]2O[C@H]2C[C@H]1O. The van der Waals surface area contributed by atoms with Crippen LogP contribution in [-0.4, -0.2) is 42.7 Å². The number of aliphatic hydroxyl groups is 1.